The van der Waals surface area contributed by atoms with Crippen molar-refractivity contribution in [2.45, 2.75) is 25.6 Å². The Kier molecular flexibility index (Phi) is 5.44. The molecule has 1 fully saturated rings. The Labute approximate surface area is 202 Å². The van der Waals surface area contributed by atoms with Gasteiger partial charge in [0.1, 0.15) is 6.54 Å². The number of benzene rings is 3. The van der Waals surface area contributed by atoms with E-state index in [0.29, 0.717) is 11.4 Å². The summed E-state index contributed by atoms with van der Waals surface area (Å²) in [6, 6.07) is 20.8. The third kappa shape index (κ3) is 3.47. The molecule has 0 bridgehead atoms. The van der Waals surface area contributed by atoms with Crippen LogP contribution >= 0.6 is 11.8 Å². The summed E-state index contributed by atoms with van der Waals surface area (Å²) in [6.07, 6.45) is 0. The Hall–Kier alpha value is -3.58. The number of carbonyl (C=O) groups is 3. The zero-order valence-electron chi connectivity index (χ0n) is 19.3. The van der Waals surface area contributed by atoms with Gasteiger partial charge in [0.15, 0.2) is 0 Å². The summed E-state index contributed by atoms with van der Waals surface area (Å²) < 4.78 is 0. The van der Waals surface area contributed by atoms with Crippen LogP contribution in [0.5, 0.6) is 0 Å². The zero-order valence-corrected chi connectivity index (χ0v) is 20.1. The van der Waals surface area contributed by atoms with Crippen molar-refractivity contribution in [2.75, 3.05) is 27.4 Å². The standard InChI is InChI=1S/C27H25N3O3S/c1-17-8-11-20(12-9-17)30-25(32)16-34-27(30)21-6-4-5-7-23(21)29(26(27)33)15-24(31)28-22-13-10-18(2)14-19(22)3/h4-14H,15-16H2,1-3H3,(H,28,31)/t27-/m0/s1. The van der Waals surface area contributed by atoms with E-state index in [0.717, 1.165) is 27.9 Å². The van der Waals surface area contributed by atoms with Crippen LogP contribution in [0.25, 0.3) is 0 Å². The first-order valence-corrected chi connectivity index (χ1v) is 12.1. The largest absolute Gasteiger partial charge is 0.324 e. The second-order valence-electron chi connectivity index (χ2n) is 8.77. The highest BCUT2D eigenvalue weighted by molar-refractivity contribution is 8.02. The molecule has 0 radical (unpaired) electrons. The number of thioether (sulfide) groups is 1. The second kappa shape index (κ2) is 8.33. The van der Waals surface area contributed by atoms with Crippen LogP contribution in [-0.4, -0.2) is 30.0 Å². The molecule has 3 aromatic carbocycles. The van der Waals surface area contributed by atoms with Crippen LogP contribution in [0, 0.1) is 20.8 Å². The quantitative estimate of drug-likeness (QED) is 0.607. The monoisotopic (exact) mass is 471 g/mol. The van der Waals surface area contributed by atoms with E-state index >= 15 is 0 Å². The maximum Gasteiger partial charge on any atom is 0.269 e. The lowest BCUT2D eigenvalue weighted by molar-refractivity contribution is -0.124. The van der Waals surface area contributed by atoms with Crippen molar-refractivity contribution in [3.8, 4) is 0 Å². The third-order valence-corrected chi connectivity index (χ3v) is 7.70. The molecule has 7 heteroatoms. The minimum Gasteiger partial charge on any atom is -0.324 e. The third-order valence-electron chi connectivity index (χ3n) is 6.31. The first-order chi connectivity index (χ1) is 16.3. The van der Waals surface area contributed by atoms with Crippen molar-refractivity contribution in [3.05, 3.63) is 89.0 Å². The van der Waals surface area contributed by atoms with Crippen molar-refractivity contribution in [1.82, 2.24) is 0 Å². The van der Waals surface area contributed by atoms with Gasteiger partial charge < -0.3 is 5.32 Å². The van der Waals surface area contributed by atoms with Gasteiger partial charge in [0, 0.05) is 16.9 Å². The fraction of sp³-hybridized carbons (Fsp3) is 0.222. The van der Waals surface area contributed by atoms with E-state index in [1.165, 1.54) is 16.7 Å². The fourth-order valence-corrected chi connectivity index (χ4v) is 6.05. The number of nitrogens with zero attached hydrogens (tertiary/aromatic N) is 2. The number of anilines is 3. The molecule has 1 spiro atoms. The molecule has 6 nitrogen and oxygen atoms in total. The molecular formula is C27H25N3O3S. The summed E-state index contributed by atoms with van der Waals surface area (Å²) in [4.78, 5) is 42.0. The van der Waals surface area contributed by atoms with E-state index in [1.54, 1.807) is 4.90 Å². The first kappa shape index (κ1) is 22.2. The lowest BCUT2D eigenvalue weighted by Gasteiger charge is -2.33. The minimum atomic E-state index is -1.22. The summed E-state index contributed by atoms with van der Waals surface area (Å²) in [5.41, 5.74) is 5.92. The molecule has 0 aliphatic carbocycles. The fourth-order valence-electron chi connectivity index (χ4n) is 4.69. The number of fused-ring (bicyclic) bond motifs is 2. The van der Waals surface area contributed by atoms with Crippen LogP contribution in [0.3, 0.4) is 0 Å². The van der Waals surface area contributed by atoms with Gasteiger partial charge in [-0.1, -0.05) is 53.6 Å². The zero-order chi connectivity index (χ0) is 24.0. The molecule has 1 atom stereocenters. The van der Waals surface area contributed by atoms with Crippen LogP contribution in [-0.2, 0) is 19.3 Å². The predicted molar refractivity (Wildman–Crippen MR) is 136 cm³/mol. The molecule has 3 aromatic rings. The van der Waals surface area contributed by atoms with Crippen molar-refractivity contribution in [3.63, 3.8) is 0 Å². The van der Waals surface area contributed by atoms with Gasteiger partial charge in [-0.15, -0.1) is 11.8 Å². The Bertz CT molecular complexity index is 1320. The van der Waals surface area contributed by atoms with Crippen molar-refractivity contribution >= 4 is 46.5 Å². The van der Waals surface area contributed by atoms with E-state index in [2.05, 4.69) is 5.32 Å². The number of hydrogen-bond donors (Lipinski definition) is 1. The maximum atomic E-state index is 14.0. The number of rotatable bonds is 4. The summed E-state index contributed by atoms with van der Waals surface area (Å²) in [5, 5.41) is 2.93. The molecule has 2 aliphatic rings. The Morgan fingerprint density at radius 3 is 2.41 bits per heavy atom. The van der Waals surface area contributed by atoms with Gasteiger partial charge in [-0.05, 0) is 50.6 Å². The van der Waals surface area contributed by atoms with Crippen LogP contribution in [0.1, 0.15) is 22.3 Å². The molecule has 0 saturated carbocycles. The molecule has 0 aromatic heterocycles. The average Bonchev–Trinajstić information content (AvgIpc) is 3.27. The molecule has 5 rings (SSSR count). The van der Waals surface area contributed by atoms with E-state index in [-0.39, 0.29) is 30.0 Å². The topological polar surface area (TPSA) is 69.7 Å². The summed E-state index contributed by atoms with van der Waals surface area (Å²) in [6.45, 7) is 5.78. The number of aryl methyl sites for hydroxylation is 3. The molecular weight excluding hydrogens is 446 g/mol. The van der Waals surface area contributed by atoms with Gasteiger partial charge in [-0.2, -0.15) is 0 Å². The van der Waals surface area contributed by atoms with Crippen molar-refractivity contribution in [1.29, 1.82) is 0 Å². The summed E-state index contributed by atoms with van der Waals surface area (Å²) >= 11 is 1.31. The molecule has 34 heavy (non-hydrogen) atoms. The van der Waals surface area contributed by atoms with Gasteiger partial charge in [-0.25, -0.2) is 0 Å². The van der Waals surface area contributed by atoms with E-state index < -0.39 is 4.87 Å². The van der Waals surface area contributed by atoms with Gasteiger partial charge in [0.25, 0.3) is 5.91 Å². The van der Waals surface area contributed by atoms with E-state index in [1.807, 2.05) is 87.5 Å². The Morgan fingerprint density at radius 2 is 1.68 bits per heavy atom. The number of carbonyl (C=O) groups excluding carboxylic acids is 3. The van der Waals surface area contributed by atoms with E-state index in [4.69, 9.17) is 0 Å². The van der Waals surface area contributed by atoms with E-state index in [9.17, 15) is 14.4 Å². The second-order valence-corrected chi connectivity index (χ2v) is 9.94. The van der Waals surface area contributed by atoms with Gasteiger partial charge in [-0.3, -0.25) is 24.2 Å². The Balaban J connectivity index is 1.50. The highest BCUT2D eigenvalue weighted by Crippen LogP contribution is 2.55. The highest BCUT2D eigenvalue weighted by Gasteiger charge is 2.61. The summed E-state index contributed by atoms with van der Waals surface area (Å²) in [5.74, 6) is -0.501. The molecule has 1 N–H and O–H groups in total. The number of amides is 3. The molecule has 0 unspecified atom stereocenters. The van der Waals surface area contributed by atoms with Gasteiger partial charge in [0.2, 0.25) is 16.7 Å². The maximum absolute atomic E-state index is 14.0. The van der Waals surface area contributed by atoms with Gasteiger partial charge >= 0.3 is 0 Å². The SMILES string of the molecule is Cc1ccc(N2C(=O)CS[C@@]23C(=O)N(CC(=O)Nc2ccc(C)cc2C)c2ccccc23)cc1. The number of nitrogens with one attached hydrogen (secondary N) is 1. The first-order valence-electron chi connectivity index (χ1n) is 11.1. The molecule has 172 valence electrons. The van der Waals surface area contributed by atoms with Crippen LogP contribution in [0.2, 0.25) is 0 Å². The predicted octanol–water partition coefficient (Wildman–Crippen LogP) is 4.53. The smallest absolute Gasteiger partial charge is 0.269 e. The Morgan fingerprint density at radius 1 is 0.971 bits per heavy atom. The number of hydrogen-bond acceptors (Lipinski definition) is 4. The minimum absolute atomic E-state index is 0.126. The van der Waals surface area contributed by atoms with Crippen molar-refractivity contribution in [2.24, 2.45) is 0 Å². The average molecular weight is 472 g/mol. The van der Waals surface area contributed by atoms with Gasteiger partial charge in [0.05, 0.1) is 11.4 Å². The number of para-hydroxylation sites is 1. The van der Waals surface area contributed by atoms with Crippen LogP contribution in [0.15, 0.2) is 66.7 Å². The molecule has 1 saturated heterocycles. The molecule has 2 aliphatic heterocycles. The highest BCUT2D eigenvalue weighted by atomic mass is 32.2. The lowest BCUT2D eigenvalue weighted by Crippen LogP contribution is -2.50. The lowest BCUT2D eigenvalue weighted by atomic mass is 10.0. The summed E-state index contributed by atoms with van der Waals surface area (Å²) in [7, 11) is 0. The van der Waals surface area contributed by atoms with Crippen LogP contribution < -0.4 is 15.1 Å². The van der Waals surface area contributed by atoms with Crippen molar-refractivity contribution < 1.29 is 14.4 Å². The molecule has 3 amide bonds. The van der Waals surface area contributed by atoms with Crippen LogP contribution in [0.4, 0.5) is 17.1 Å². The molecule has 2 heterocycles. The normalized spacial score (nSPS) is 19.1.